The number of rotatable bonds is 1. The molecule has 0 atom stereocenters. The van der Waals surface area contributed by atoms with E-state index in [1.807, 2.05) is 0 Å². The van der Waals surface area contributed by atoms with Crippen molar-refractivity contribution < 1.29 is 0 Å². The van der Waals surface area contributed by atoms with Gasteiger partial charge in [0.05, 0.1) is 0 Å². The van der Waals surface area contributed by atoms with E-state index in [4.69, 9.17) is 0 Å². The lowest BCUT2D eigenvalue weighted by Crippen LogP contribution is -2.06. The van der Waals surface area contributed by atoms with Crippen molar-refractivity contribution in [3.05, 3.63) is 81.9 Å². The van der Waals surface area contributed by atoms with Crippen LogP contribution in [-0.2, 0) is 19.3 Å². The maximum atomic E-state index is 4.31. The summed E-state index contributed by atoms with van der Waals surface area (Å²) in [5.74, 6) is 0. The maximum Gasteiger partial charge on any atom is -0.00134 e. The van der Waals surface area contributed by atoms with Crippen LogP contribution in [0.2, 0.25) is 0 Å². The molecule has 0 saturated heterocycles. The van der Waals surface area contributed by atoms with Gasteiger partial charge in [-0.15, -0.1) is 0 Å². The lowest BCUT2D eigenvalue weighted by Gasteiger charge is -2.22. The van der Waals surface area contributed by atoms with Crippen LogP contribution in [-0.4, -0.2) is 0 Å². The van der Waals surface area contributed by atoms with Crippen LogP contribution < -0.4 is 0 Å². The Kier molecular flexibility index (Phi) is 3.49. The third kappa shape index (κ3) is 2.57. The van der Waals surface area contributed by atoms with E-state index in [2.05, 4.69) is 56.8 Å². The zero-order valence-corrected chi connectivity index (χ0v) is 14.2. The molecule has 0 unspecified atom stereocenters. The quantitative estimate of drug-likeness (QED) is 0.621. The van der Waals surface area contributed by atoms with Crippen molar-refractivity contribution >= 4 is 11.1 Å². The van der Waals surface area contributed by atoms with E-state index in [1.165, 1.54) is 59.1 Å². The highest BCUT2D eigenvalue weighted by Gasteiger charge is 2.17. The SMILES string of the molecule is C=C1C=C(c2ccc3c(c2)CCCC3)Cc2cc(C)c(C)cc21. The van der Waals surface area contributed by atoms with Crippen LogP contribution in [0, 0.1) is 13.8 Å². The van der Waals surface area contributed by atoms with Gasteiger partial charge in [-0.3, -0.25) is 0 Å². The number of hydrogen-bond donors (Lipinski definition) is 0. The predicted molar refractivity (Wildman–Crippen MR) is 99.7 cm³/mol. The Morgan fingerprint density at radius 2 is 1.57 bits per heavy atom. The van der Waals surface area contributed by atoms with Gasteiger partial charge in [0, 0.05) is 0 Å². The first kappa shape index (κ1) is 14.5. The molecule has 0 nitrogen and oxygen atoms in total. The molecule has 2 aliphatic carbocycles. The summed E-state index contributed by atoms with van der Waals surface area (Å²) in [5, 5.41) is 0. The number of allylic oxidation sites excluding steroid dienone is 3. The molecule has 23 heavy (non-hydrogen) atoms. The Bertz CT molecular complexity index is 833. The first-order valence-electron chi connectivity index (χ1n) is 8.74. The Morgan fingerprint density at radius 3 is 2.39 bits per heavy atom. The van der Waals surface area contributed by atoms with Gasteiger partial charge in [0.1, 0.15) is 0 Å². The van der Waals surface area contributed by atoms with Gasteiger partial charge in [0.25, 0.3) is 0 Å². The smallest absolute Gasteiger partial charge is 0.00134 e. The zero-order chi connectivity index (χ0) is 16.0. The number of aryl methyl sites for hydroxylation is 4. The molecule has 0 aliphatic heterocycles. The molecule has 2 aliphatic rings. The Morgan fingerprint density at radius 1 is 0.826 bits per heavy atom. The number of benzene rings is 2. The molecule has 0 amide bonds. The second kappa shape index (κ2) is 5.53. The van der Waals surface area contributed by atoms with Crippen molar-refractivity contribution in [2.24, 2.45) is 0 Å². The van der Waals surface area contributed by atoms with E-state index in [-0.39, 0.29) is 0 Å². The Hall–Kier alpha value is -2.08. The molecule has 0 fully saturated rings. The van der Waals surface area contributed by atoms with E-state index in [0.29, 0.717) is 0 Å². The van der Waals surface area contributed by atoms with Gasteiger partial charge >= 0.3 is 0 Å². The van der Waals surface area contributed by atoms with E-state index >= 15 is 0 Å². The molecule has 116 valence electrons. The van der Waals surface area contributed by atoms with E-state index in [9.17, 15) is 0 Å². The third-order valence-electron chi connectivity index (χ3n) is 5.51. The van der Waals surface area contributed by atoms with Gasteiger partial charge < -0.3 is 0 Å². The molecule has 2 aromatic carbocycles. The normalized spacial score (nSPS) is 16.6. The summed E-state index contributed by atoms with van der Waals surface area (Å²) in [5.41, 5.74) is 12.6. The minimum Gasteiger partial charge on any atom is -0.0911 e. The summed E-state index contributed by atoms with van der Waals surface area (Å²) < 4.78 is 0. The summed E-state index contributed by atoms with van der Waals surface area (Å²) in [7, 11) is 0. The molecule has 2 aromatic rings. The molecule has 0 heteroatoms. The predicted octanol–water partition coefficient (Wildman–Crippen LogP) is 5.84. The van der Waals surface area contributed by atoms with Gasteiger partial charge in [-0.25, -0.2) is 0 Å². The summed E-state index contributed by atoms with van der Waals surface area (Å²) in [6, 6.07) is 11.7. The van der Waals surface area contributed by atoms with Gasteiger partial charge in [0.2, 0.25) is 0 Å². The van der Waals surface area contributed by atoms with Crippen molar-refractivity contribution in [1.29, 1.82) is 0 Å². The topological polar surface area (TPSA) is 0 Å². The minimum atomic E-state index is 1.02. The molecule has 0 saturated carbocycles. The zero-order valence-electron chi connectivity index (χ0n) is 14.2. The van der Waals surface area contributed by atoms with Crippen LogP contribution in [0.25, 0.3) is 11.1 Å². The lowest BCUT2D eigenvalue weighted by atomic mass is 9.82. The Balaban J connectivity index is 1.74. The van der Waals surface area contributed by atoms with Crippen molar-refractivity contribution in [3.63, 3.8) is 0 Å². The molecule has 0 spiro atoms. The van der Waals surface area contributed by atoms with Crippen LogP contribution >= 0.6 is 0 Å². The Labute approximate surface area is 139 Å². The fourth-order valence-corrected chi connectivity index (χ4v) is 3.98. The van der Waals surface area contributed by atoms with Gasteiger partial charge in [0.15, 0.2) is 0 Å². The van der Waals surface area contributed by atoms with E-state index in [0.717, 1.165) is 12.0 Å². The second-order valence-electron chi connectivity index (χ2n) is 7.16. The second-order valence-corrected chi connectivity index (χ2v) is 7.16. The van der Waals surface area contributed by atoms with Crippen LogP contribution in [0.3, 0.4) is 0 Å². The molecule has 0 radical (unpaired) electrons. The molecular weight excluding hydrogens is 276 g/mol. The highest BCUT2D eigenvalue weighted by Crippen LogP contribution is 2.35. The molecule has 0 N–H and O–H groups in total. The highest BCUT2D eigenvalue weighted by molar-refractivity contribution is 5.89. The number of hydrogen-bond acceptors (Lipinski definition) is 0. The van der Waals surface area contributed by atoms with Crippen LogP contribution in [0.4, 0.5) is 0 Å². The molecule has 0 bridgehead atoms. The fourth-order valence-electron chi connectivity index (χ4n) is 3.98. The molecule has 4 rings (SSSR count). The van der Waals surface area contributed by atoms with Crippen molar-refractivity contribution in [2.75, 3.05) is 0 Å². The largest absolute Gasteiger partial charge is 0.0911 e. The summed E-state index contributed by atoms with van der Waals surface area (Å²) in [6.45, 7) is 8.70. The summed E-state index contributed by atoms with van der Waals surface area (Å²) >= 11 is 0. The van der Waals surface area contributed by atoms with Gasteiger partial charge in [-0.1, -0.05) is 43.0 Å². The molecule has 0 aromatic heterocycles. The molecule has 0 heterocycles. The average molecular weight is 300 g/mol. The first-order valence-corrected chi connectivity index (χ1v) is 8.74. The van der Waals surface area contributed by atoms with Crippen LogP contribution in [0.1, 0.15) is 51.8 Å². The fraction of sp³-hybridized carbons (Fsp3) is 0.304. The van der Waals surface area contributed by atoms with Crippen molar-refractivity contribution in [3.8, 4) is 0 Å². The van der Waals surface area contributed by atoms with Gasteiger partial charge in [-0.05, 0) is 96.0 Å². The highest BCUT2D eigenvalue weighted by atomic mass is 14.2. The maximum absolute atomic E-state index is 4.31. The number of fused-ring (bicyclic) bond motifs is 2. The van der Waals surface area contributed by atoms with Crippen LogP contribution in [0.5, 0.6) is 0 Å². The first-order chi connectivity index (χ1) is 11.1. The summed E-state index contributed by atoms with van der Waals surface area (Å²) in [4.78, 5) is 0. The average Bonchev–Trinajstić information content (AvgIpc) is 2.56. The van der Waals surface area contributed by atoms with Crippen LogP contribution in [0.15, 0.2) is 43.0 Å². The summed E-state index contributed by atoms with van der Waals surface area (Å²) in [6.07, 6.45) is 8.49. The standard InChI is InChI=1S/C23H24/c1-15-10-22-14-21(11-17(3)23(22)12-16(15)2)20-9-8-18-6-4-5-7-19(18)13-20/h8-13H,3-7,14H2,1-2H3. The van der Waals surface area contributed by atoms with Crippen molar-refractivity contribution in [2.45, 2.75) is 46.0 Å². The monoisotopic (exact) mass is 300 g/mol. The minimum absolute atomic E-state index is 1.02. The molecular formula is C23H24. The van der Waals surface area contributed by atoms with Gasteiger partial charge in [-0.2, -0.15) is 0 Å². The van der Waals surface area contributed by atoms with E-state index < -0.39 is 0 Å². The van der Waals surface area contributed by atoms with Crippen molar-refractivity contribution in [1.82, 2.24) is 0 Å². The lowest BCUT2D eigenvalue weighted by molar-refractivity contribution is 0.685. The third-order valence-corrected chi connectivity index (χ3v) is 5.51. The van der Waals surface area contributed by atoms with E-state index in [1.54, 1.807) is 11.1 Å².